The zero-order chi connectivity index (χ0) is 13.3. The van der Waals surface area contributed by atoms with Crippen LogP contribution in [0.5, 0.6) is 0 Å². The molecule has 0 aliphatic carbocycles. The lowest BCUT2D eigenvalue weighted by atomic mass is 10.1. The lowest BCUT2D eigenvalue weighted by Gasteiger charge is -2.11. The van der Waals surface area contributed by atoms with Crippen molar-refractivity contribution in [1.29, 1.82) is 0 Å². The Labute approximate surface area is 109 Å². The molecule has 0 amide bonds. The largest absolute Gasteiger partial charge is 0.388 e. The molecule has 0 heterocycles. The average molecular weight is 278 g/mol. The zero-order valence-corrected chi connectivity index (χ0v) is 13.1. The molecule has 0 saturated carbocycles. The maximum Gasteiger partial charge on any atom is 0.388 e. The van der Waals surface area contributed by atoms with Gasteiger partial charge in [-0.25, -0.2) is 4.57 Å². The van der Waals surface area contributed by atoms with Crippen LogP contribution in [-0.4, -0.2) is 20.0 Å². The molecule has 100 valence electrons. The highest BCUT2D eigenvalue weighted by atomic mass is 32.7. The molecule has 0 unspecified atom stereocenters. The van der Waals surface area contributed by atoms with Gasteiger partial charge in [-0.1, -0.05) is 23.3 Å². The van der Waals surface area contributed by atoms with Gasteiger partial charge in [0.15, 0.2) is 0 Å². The fraction of sp³-hybridized carbons (Fsp3) is 0.667. The van der Waals surface area contributed by atoms with Crippen molar-refractivity contribution in [3.05, 3.63) is 23.3 Å². The molecule has 5 heteroatoms. The summed E-state index contributed by atoms with van der Waals surface area (Å²) in [6, 6.07) is 0. The van der Waals surface area contributed by atoms with Gasteiger partial charge in [0, 0.05) is 20.0 Å². The summed E-state index contributed by atoms with van der Waals surface area (Å²) in [5.74, 6) is 0.652. The smallest absolute Gasteiger partial charge is 0.304 e. The molecule has 17 heavy (non-hydrogen) atoms. The molecule has 0 spiro atoms. The van der Waals surface area contributed by atoms with Crippen molar-refractivity contribution in [1.82, 2.24) is 0 Å². The van der Waals surface area contributed by atoms with E-state index in [1.54, 1.807) is 0 Å². The van der Waals surface area contributed by atoms with Gasteiger partial charge in [0.1, 0.15) is 0 Å². The summed E-state index contributed by atoms with van der Waals surface area (Å²) < 4.78 is 21.4. The van der Waals surface area contributed by atoms with E-state index >= 15 is 0 Å². The van der Waals surface area contributed by atoms with Crippen molar-refractivity contribution >= 4 is 18.2 Å². The molecule has 0 aromatic heterocycles. The molecule has 0 N–H and O–H groups in total. The van der Waals surface area contributed by atoms with Gasteiger partial charge in [-0.05, 0) is 45.0 Å². The van der Waals surface area contributed by atoms with Gasteiger partial charge in [0.2, 0.25) is 0 Å². The van der Waals surface area contributed by atoms with Gasteiger partial charge in [0.25, 0.3) is 0 Å². The number of rotatable bonds is 8. The molecular weight excluding hydrogens is 255 g/mol. The van der Waals surface area contributed by atoms with E-state index < -0.39 is 6.80 Å². The second-order valence-corrected chi connectivity index (χ2v) is 8.31. The van der Waals surface area contributed by atoms with Crippen molar-refractivity contribution in [3.63, 3.8) is 0 Å². The second-order valence-electron chi connectivity index (χ2n) is 3.98. The van der Waals surface area contributed by atoms with Crippen molar-refractivity contribution in [2.45, 2.75) is 33.6 Å². The van der Waals surface area contributed by atoms with Crippen molar-refractivity contribution in [2.24, 2.45) is 0 Å². The molecule has 0 saturated heterocycles. The minimum atomic E-state index is -2.92. The highest BCUT2D eigenvalue weighted by Gasteiger charge is 2.20. The van der Waals surface area contributed by atoms with Gasteiger partial charge in [-0.3, -0.25) is 0 Å². The Hall–Kier alpha value is -0.0200. The predicted molar refractivity (Wildman–Crippen MR) is 76.5 cm³/mol. The molecule has 0 radical (unpaired) electrons. The lowest BCUT2D eigenvalue weighted by molar-refractivity contribution is 0.295. The first-order valence-corrected chi connectivity index (χ1v) is 8.72. The summed E-state index contributed by atoms with van der Waals surface area (Å²) in [5.41, 5.74) is 2.64. The summed E-state index contributed by atoms with van der Waals surface area (Å²) in [7, 11) is 2.81. The highest BCUT2D eigenvalue weighted by molar-refractivity contribution is 8.55. The topological polar surface area (TPSA) is 35.5 Å². The van der Waals surface area contributed by atoms with Crippen LogP contribution in [0.2, 0.25) is 0 Å². The fourth-order valence-electron chi connectivity index (χ4n) is 1.14. The van der Waals surface area contributed by atoms with Crippen molar-refractivity contribution < 1.29 is 13.6 Å². The van der Waals surface area contributed by atoms with Gasteiger partial charge in [-0.15, -0.1) is 0 Å². The summed E-state index contributed by atoms with van der Waals surface area (Å²) in [6.07, 6.45) is 6.39. The average Bonchev–Trinajstić information content (AvgIpc) is 2.28. The van der Waals surface area contributed by atoms with E-state index in [0.29, 0.717) is 5.75 Å². The normalized spacial score (nSPS) is 12.6. The number of hydrogen-bond acceptors (Lipinski definition) is 4. The van der Waals surface area contributed by atoms with Crippen LogP contribution in [0, 0.1) is 0 Å². The Kier molecular flexibility index (Phi) is 8.97. The van der Waals surface area contributed by atoms with E-state index in [2.05, 4.69) is 32.9 Å². The molecular formula is C12H23O3PS. The third-order valence-electron chi connectivity index (χ3n) is 2.20. The SMILES string of the molecule is COP(=O)(OC)SC/C=C(/C)CCC=C(C)C. The summed E-state index contributed by atoms with van der Waals surface area (Å²) in [5, 5.41) is 0. The molecule has 0 rings (SSSR count). The molecule has 0 fully saturated rings. The van der Waals surface area contributed by atoms with E-state index in [1.165, 1.54) is 36.7 Å². The van der Waals surface area contributed by atoms with E-state index in [4.69, 9.17) is 9.05 Å². The van der Waals surface area contributed by atoms with Crippen LogP contribution in [0.4, 0.5) is 0 Å². The molecule has 0 bridgehead atoms. The van der Waals surface area contributed by atoms with Crippen LogP contribution in [0.25, 0.3) is 0 Å². The van der Waals surface area contributed by atoms with E-state index in [0.717, 1.165) is 12.8 Å². The van der Waals surface area contributed by atoms with Crippen molar-refractivity contribution in [3.8, 4) is 0 Å². The fourth-order valence-corrected chi connectivity index (χ4v) is 3.45. The maximum absolute atomic E-state index is 11.7. The second kappa shape index (κ2) is 8.98. The Balaban J connectivity index is 4.00. The van der Waals surface area contributed by atoms with E-state index in [1.807, 2.05) is 0 Å². The molecule has 0 aromatic rings. The minimum Gasteiger partial charge on any atom is -0.304 e. The van der Waals surface area contributed by atoms with E-state index in [-0.39, 0.29) is 0 Å². The quantitative estimate of drug-likeness (QED) is 0.471. The Morgan fingerprint density at radius 3 is 2.24 bits per heavy atom. The number of allylic oxidation sites excluding steroid dienone is 3. The standard InChI is InChI=1S/C12H23O3PS/c1-11(2)7-6-8-12(3)9-10-17-16(13,14-4)15-5/h7,9H,6,8,10H2,1-5H3/b12-9-. The van der Waals surface area contributed by atoms with Gasteiger partial charge < -0.3 is 9.05 Å². The monoisotopic (exact) mass is 278 g/mol. The zero-order valence-electron chi connectivity index (χ0n) is 11.4. The molecule has 0 aromatic carbocycles. The van der Waals surface area contributed by atoms with Crippen LogP contribution in [-0.2, 0) is 13.6 Å². The predicted octanol–water partition coefficient (Wildman–Crippen LogP) is 4.81. The van der Waals surface area contributed by atoms with Crippen LogP contribution >= 0.6 is 18.2 Å². The van der Waals surface area contributed by atoms with Crippen LogP contribution in [0.3, 0.4) is 0 Å². The maximum atomic E-state index is 11.7. The minimum absolute atomic E-state index is 0.652. The Morgan fingerprint density at radius 2 is 1.76 bits per heavy atom. The van der Waals surface area contributed by atoms with Gasteiger partial charge in [0.05, 0.1) is 0 Å². The third kappa shape index (κ3) is 8.67. The summed E-state index contributed by atoms with van der Waals surface area (Å²) >= 11 is 1.21. The first-order valence-electron chi connectivity index (χ1n) is 5.58. The van der Waals surface area contributed by atoms with Crippen molar-refractivity contribution in [2.75, 3.05) is 20.0 Å². The summed E-state index contributed by atoms with van der Waals surface area (Å²) in [6.45, 7) is 3.37. The third-order valence-corrected chi connectivity index (χ3v) is 6.02. The molecule has 0 atom stereocenters. The Morgan fingerprint density at radius 1 is 1.18 bits per heavy atom. The molecule has 0 aliphatic rings. The molecule has 3 nitrogen and oxygen atoms in total. The van der Waals surface area contributed by atoms with Crippen LogP contribution < -0.4 is 0 Å². The number of hydrogen-bond donors (Lipinski definition) is 0. The Bertz CT molecular complexity index is 312. The van der Waals surface area contributed by atoms with Crippen LogP contribution in [0.1, 0.15) is 33.6 Å². The van der Waals surface area contributed by atoms with Gasteiger partial charge in [-0.2, -0.15) is 0 Å². The van der Waals surface area contributed by atoms with E-state index in [9.17, 15) is 4.57 Å². The van der Waals surface area contributed by atoms with Crippen LogP contribution in [0.15, 0.2) is 23.3 Å². The highest BCUT2D eigenvalue weighted by Crippen LogP contribution is 2.59. The first kappa shape index (κ1) is 17.0. The van der Waals surface area contributed by atoms with Gasteiger partial charge >= 0.3 is 6.80 Å². The first-order chi connectivity index (χ1) is 7.93. The summed E-state index contributed by atoms with van der Waals surface area (Å²) in [4.78, 5) is 0. The molecule has 0 aliphatic heterocycles. The lowest BCUT2D eigenvalue weighted by Crippen LogP contribution is -1.85.